The van der Waals surface area contributed by atoms with Gasteiger partial charge in [0.05, 0.1) is 12.8 Å². The van der Waals surface area contributed by atoms with Crippen LogP contribution in [0, 0.1) is 5.82 Å². The van der Waals surface area contributed by atoms with Gasteiger partial charge >= 0.3 is 5.97 Å². The fraction of sp³-hybridized carbons (Fsp3) is 0.0909. The first-order valence-corrected chi connectivity index (χ1v) is 4.75. The summed E-state index contributed by atoms with van der Waals surface area (Å²) in [6.45, 7) is 0. The number of hydrogen-bond acceptors (Lipinski definition) is 3. The van der Waals surface area contributed by atoms with Crippen LogP contribution in [0.2, 0.25) is 0 Å². The average Bonchev–Trinajstić information content (AvgIpc) is 2.74. The number of nitrogens with zero attached hydrogens (tertiary/aromatic N) is 2. The Morgan fingerprint density at radius 1 is 1.41 bits per heavy atom. The van der Waals surface area contributed by atoms with Crippen LogP contribution in [0.3, 0.4) is 0 Å². The molecule has 88 valence electrons. The number of ether oxygens (including phenoxy) is 1. The summed E-state index contributed by atoms with van der Waals surface area (Å²) in [5.41, 5.74) is 0.403. The molecule has 0 radical (unpaired) electrons. The Hall–Kier alpha value is -2.37. The zero-order valence-corrected chi connectivity index (χ0v) is 8.92. The van der Waals surface area contributed by atoms with Gasteiger partial charge in [-0.1, -0.05) is 0 Å². The molecule has 2 rings (SSSR count). The number of aromatic carboxylic acids is 1. The fourth-order valence-corrected chi connectivity index (χ4v) is 1.39. The van der Waals surface area contributed by atoms with Gasteiger partial charge in [-0.2, -0.15) is 0 Å². The van der Waals surface area contributed by atoms with E-state index in [0.29, 0.717) is 5.69 Å². The summed E-state index contributed by atoms with van der Waals surface area (Å²) in [6, 6.07) is 6.64. The maximum Gasteiger partial charge on any atom is 0.354 e. The maximum absolute atomic E-state index is 12.8. The number of rotatable bonds is 3. The highest BCUT2D eigenvalue weighted by molar-refractivity contribution is 5.86. The molecule has 1 N–H and O–H groups in total. The lowest BCUT2D eigenvalue weighted by Crippen LogP contribution is -2.07. The largest absolute Gasteiger partial charge is 0.480 e. The molecule has 0 aliphatic rings. The normalized spacial score (nSPS) is 10.2. The van der Waals surface area contributed by atoms with Gasteiger partial charge in [-0.25, -0.2) is 13.9 Å². The van der Waals surface area contributed by atoms with Gasteiger partial charge < -0.3 is 9.84 Å². The molecular formula is C11H9FN2O3. The van der Waals surface area contributed by atoms with Gasteiger partial charge in [-0.05, 0) is 24.3 Å². The topological polar surface area (TPSA) is 64.3 Å². The summed E-state index contributed by atoms with van der Waals surface area (Å²) in [5.74, 6) is -1.35. The third-order valence-electron chi connectivity index (χ3n) is 2.19. The van der Waals surface area contributed by atoms with Crippen LogP contribution in [0.5, 0.6) is 5.88 Å². The van der Waals surface area contributed by atoms with Crippen molar-refractivity contribution in [3.8, 4) is 11.6 Å². The monoisotopic (exact) mass is 236 g/mol. The molecule has 17 heavy (non-hydrogen) atoms. The van der Waals surface area contributed by atoms with E-state index in [1.165, 1.54) is 42.1 Å². The van der Waals surface area contributed by atoms with E-state index in [2.05, 4.69) is 5.10 Å². The van der Waals surface area contributed by atoms with E-state index in [1.807, 2.05) is 0 Å². The van der Waals surface area contributed by atoms with E-state index >= 15 is 0 Å². The predicted molar refractivity (Wildman–Crippen MR) is 57.0 cm³/mol. The number of methoxy groups -OCH3 is 1. The van der Waals surface area contributed by atoms with Crippen molar-refractivity contribution in [2.24, 2.45) is 0 Å². The molecule has 0 atom stereocenters. The molecule has 5 nitrogen and oxygen atoms in total. The molecule has 0 fully saturated rings. The van der Waals surface area contributed by atoms with Crippen LogP contribution in [-0.2, 0) is 0 Å². The zero-order chi connectivity index (χ0) is 12.4. The Morgan fingerprint density at radius 3 is 2.59 bits per heavy atom. The van der Waals surface area contributed by atoms with Crippen molar-refractivity contribution in [1.29, 1.82) is 0 Å². The van der Waals surface area contributed by atoms with E-state index in [9.17, 15) is 9.18 Å². The van der Waals surface area contributed by atoms with Gasteiger partial charge in [0.25, 0.3) is 0 Å². The molecule has 0 amide bonds. The number of aromatic nitrogens is 2. The quantitative estimate of drug-likeness (QED) is 0.881. The summed E-state index contributed by atoms with van der Waals surface area (Å²) in [7, 11) is 1.39. The first-order chi connectivity index (χ1) is 8.11. The number of carboxylic acids is 1. The van der Waals surface area contributed by atoms with Crippen LogP contribution in [0.4, 0.5) is 4.39 Å². The number of benzene rings is 1. The van der Waals surface area contributed by atoms with Crippen molar-refractivity contribution in [3.63, 3.8) is 0 Å². The van der Waals surface area contributed by atoms with Gasteiger partial charge in [0.15, 0.2) is 5.69 Å². The van der Waals surface area contributed by atoms with Crippen molar-refractivity contribution in [3.05, 3.63) is 41.8 Å². The highest BCUT2D eigenvalue weighted by Crippen LogP contribution is 2.17. The highest BCUT2D eigenvalue weighted by Gasteiger charge is 2.15. The lowest BCUT2D eigenvalue weighted by molar-refractivity contribution is 0.0687. The molecule has 1 heterocycles. The molecule has 6 heteroatoms. The number of halogens is 1. The van der Waals surface area contributed by atoms with Crippen molar-refractivity contribution < 1.29 is 19.0 Å². The Morgan fingerprint density at radius 2 is 2.06 bits per heavy atom. The third kappa shape index (κ3) is 2.10. The smallest absolute Gasteiger partial charge is 0.354 e. The molecule has 0 aliphatic heterocycles. The highest BCUT2D eigenvalue weighted by atomic mass is 19.1. The minimum absolute atomic E-state index is 0.0477. The molecule has 1 aromatic carbocycles. The first-order valence-electron chi connectivity index (χ1n) is 4.75. The Labute approximate surface area is 96.1 Å². The fourth-order valence-electron chi connectivity index (χ4n) is 1.39. The summed E-state index contributed by atoms with van der Waals surface area (Å²) in [5, 5.41) is 12.9. The van der Waals surface area contributed by atoms with E-state index in [4.69, 9.17) is 9.84 Å². The summed E-state index contributed by atoms with van der Waals surface area (Å²) in [4.78, 5) is 11.0. The van der Waals surface area contributed by atoms with E-state index in [0.717, 1.165) is 0 Å². The van der Waals surface area contributed by atoms with E-state index < -0.39 is 11.8 Å². The third-order valence-corrected chi connectivity index (χ3v) is 2.19. The van der Waals surface area contributed by atoms with Gasteiger partial charge in [-0.3, -0.25) is 0 Å². The standard InChI is InChI=1S/C11H9FN2O3/c1-17-10-6-9(11(15)16)14(13-10)8-4-2-7(12)3-5-8/h2-6H,1H3,(H,15,16). The first kappa shape index (κ1) is 11.1. The van der Waals surface area contributed by atoms with E-state index in [1.54, 1.807) is 0 Å². The molecular weight excluding hydrogens is 227 g/mol. The predicted octanol–water partition coefficient (Wildman–Crippen LogP) is 1.72. The molecule has 0 unspecified atom stereocenters. The molecule has 0 aliphatic carbocycles. The van der Waals surface area contributed by atoms with Crippen LogP contribution in [0.15, 0.2) is 30.3 Å². The minimum Gasteiger partial charge on any atom is -0.480 e. The maximum atomic E-state index is 12.8. The molecule has 0 bridgehead atoms. The summed E-state index contributed by atoms with van der Waals surface area (Å²) < 4.78 is 18.8. The molecule has 0 spiro atoms. The summed E-state index contributed by atoms with van der Waals surface area (Å²) in [6.07, 6.45) is 0. The van der Waals surface area contributed by atoms with Gasteiger partial charge in [0.2, 0.25) is 5.88 Å². The van der Waals surface area contributed by atoms with Crippen molar-refractivity contribution in [2.75, 3.05) is 7.11 Å². The van der Waals surface area contributed by atoms with E-state index in [-0.39, 0.29) is 11.6 Å². The van der Waals surface area contributed by atoms with Gasteiger partial charge in [0.1, 0.15) is 5.82 Å². The van der Waals surface area contributed by atoms with Gasteiger partial charge in [0, 0.05) is 6.07 Å². The Balaban J connectivity index is 2.53. The molecule has 0 saturated heterocycles. The van der Waals surface area contributed by atoms with Crippen LogP contribution >= 0.6 is 0 Å². The van der Waals surface area contributed by atoms with Gasteiger partial charge in [-0.15, -0.1) is 5.10 Å². The lowest BCUT2D eigenvalue weighted by atomic mass is 10.3. The molecule has 0 saturated carbocycles. The van der Waals surface area contributed by atoms with Crippen molar-refractivity contribution >= 4 is 5.97 Å². The number of carboxylic acid groups (broad SMARTS) is 1. The van der Waals surface area contributed by atoms with Crippen molar-refractivity contribution in [2.45, 2.75) is 0 Å². The number of hydrogen-bond donors (Lipinski definition) is 1. The second-order valence-corrected chi connectivity index (χ2v) is 3.27. The lowest BCUT2D eigenvalue weighted by Gasteiger charge is -2.03. The second-order valence-electron chi connectivity index (χ2n) is 3.27. The minimum atomic E-state index is -1.13. The Kier molecular flexibility index (Phi) is 2.78. The SMILES string of the molecule is COc1cc(C(=O)O)n(-c2ccc(F)cc2)n1. The average molecular weight is 236 g/mol. The van der Waals surface area contributed by atoms with Crippen LogP contribution in [-0.4, -0.2) is 28.0 Å². The van der Waals surface area contributed by atoms with Crippen LogP contribution in [0.1, 0.15) is 10.5 Å². The second kappa shape index (κ2) is 4.25. The van der Waals surface area contributed by atoms with Crippen LogP contribution < -0.4 is 4.74 Å². The summed E-state index contributed by atoms with van der Waals surface area (Å²) >= 11 is 0. The van der Waals surface area contributed by atoms with Crippen molar-refractivity contribution in [1.82, 2.24) is 9.78 Å². The zero-order valence-electron chi connectivity index (χ0n) is 8.92. The Bertz CT molecular complexity index is 548. The molecule has 2 aromatic rings. The molecule has 1 aromatic heterocycles. The number of carbonyl (C=O) groups is 1. The van der Waals surface area contributed by atoms with Crippen LogP contribution in [0.25, 0.3) is 5.69 Å².